The lowest BCUT2D eigenvalue weighted by Gasteiger charge is -2.20. The molecule has 12 heteroatoms. The quantitative estimate of drug-likeness (QED) is 0.123. The number of nitrogens with two attached hydrogens (primary N) is 2. The number of rotatable bonds is 14. The Morgan fingerprint density at radius 3 is 1.29 bits per heavy atom. The molecule has 38 heavy (non-hydrogen) atoms. The van der Waals surface area contributed by atoms with E-state index in [4.69, 9.17) is 9.98 Å². The summed E-state index contributed by atoms with van der Waals surface area (Å²) in [6, 6.07) is 8.76. The first kappa shape index (κ1) is 44.2. The van der Waals surface area contributed by atoms with Crippen LogP contribution in [0.4, 0.5) is 0 Å². The van der Waals surface area contributed by atoms with E-state index in [1.54, 1.807) is 0 Å². The number of benzene rings is 1. The Morgan fingerprint density at radius 2 is 1.00 bits per heavy atom. The van der Waals surface area contributed by atoms with Crippen molar-refractivity contribution < 1.29 is 70.1 Å². The second-order valence-corrected chi connectivity index (χ2v) is 9.41. The molecule has 1 aromatic rings. The first-order chi connectivity index (χ1) is 16.3. The topological polar surface area (TPSA) is 73.3 Å². The van der Waals surface area contributed by atoms with Gasteiger partial charge in [0.1, 0.15) is 26.2 Å². The molecule has 0 saturated heterocycles. The Balaban J connectivity index is -0.00000144. The molecule has 0 spiro atoms. The predicted octanol–water partition coefficient (Wildman–Crippen LogP) is -14.5. The number of aliphatic imine (C=N–C) groups is 2. The van der Waals surface area contributed by atoms with Crippen molar-refractivity contribution in [2.75, 3.05) is 80.5 Å². The zero-order valence-corrected chi connectivity index (χ0v) is 27.9. The average molecular weight is 621 g/mol. The number of halogens is 4. The molecule has 0 aliphatic heterocycles. The SMILES string of the molecule is CCN(CC)C(=NCc1cccc(CN=C([NH2+]CC[NH+](C)C)N(CC)CC)c1)[NH2+]CC[NH+](C)C.[Cl-].[Cl-].[Cl-].[Cl-]. The summed E-state index contributed by atoms with van der Waals surface area (Å²) < 4.78 is 0. The lowest BCUT2D eigenvalue weighted by molar-refractivity contribution is -0.869. The van der Waals surface area contributed by atoms with Crippen molar-refractivity contribution in [2.45, 2.75) is 40.8 Å². The number of hydrogen-bond donors (Lipinski definition) is 4. The summed E-state index contributed by atoms with van der Waals surface area (Å²) in [6.45, 7) is 18.5. The summed E-state index contributed by atoms with van der Waals surface area (Å²) >= 11 is 0. The first-order valence-electron chi connectivity index (χ1n) is 13.2. The van der Waals surface area contributed by atoms with E-state index < -0.39 is 0 Å². The molecule has 0 aromatic heterocycles. The van der Waals surface area contributed by atoms with E-state index in [0.29, 0.717) is 13.1 Å². The van der Waals surface area contributed by atoms with E-state index in [2.05, 4.69) is 101 Å². The zero-order chi connectivity index (χ0) is 25.3. The fourth-order valence-electron chi connectivity index (χ4n) is 3.83. The standard InChI is InChI=1S/C26H50N8.4ClH/c1-9-33(10-2)25(27-16-18-31(5)6)29-21-23-14-13-15-24(20-23)22-30-26(34(11-3)12-4)28-17-19-32(7)8;;;;/h13-15,20H,9-12,16-19,21-22H2,1-8H3,(H,27,29)(H,28,30);4*1H. The minimum absolute atomic E-state index is 0. The Bertz CT molecular complexity index is 682. The smallest absolute Gasteiger partial charge is 0.297 e. The molecule has 0 atom stereocenters. The van der Waals surface area contributed by atoms with Crippen molar-refractivity contribution >= 4 is 11.9 Å². The molecule has 226 valence electrons. The highest BCUT2D eigenvalue weighted by atomic mass is 35.5. The summed E-state index contributed by atoms with van der Waals surface area (Å²) in [5.41, 5.74) is 2.49. The van der Waals surface area contributed by atoms with E-state index in [0.717, 1.165) is 64.3 Å². The van der Waals surface area contributed by atoms with E-state index in [9.17, 15) is 0 Å². The van der Waals surface area contributed by atoms with Gasteiger partial charge in [0.05, 0.1) is 41.3 Å². The Kier molecular flexibility index (Phi) is 30.7. The van der Waals surface area contributed by atoms with Gasteiger partial charge in [-0.25, -0.2) is 9.98 Å². The van der Waals surface area contributed by atoms with Crippen LogP contribution in [0.15, 0.2) is 34.3 Å². The summed E-state index contributed by atoms with van der Waals surface area (Å²) in [6.07, 6.45) is 0. The van der Waals surface area contributed by atoms with Crippen LogP contribution in [0.3, 0.4) is 0 Å². The molecule has 0 aliphatic carbocycles. The highest BCUT2D eigenvalue weighted by Gasteiger charge is 2.14. The van der Waals surface area contributed by atoms with Crippen LogP contribution in [-0.4, -0.2) is 102 Å². The van der Waals surface area contributed by atoms with Crippen LogP contribution >= 0.6 is 0 Å². The van der Waals surface area contributed by atoms with Crippen molar-refractivity contribution in [3.63, 3.8) is 0 Å². The van der Waals surface area contributed by atoms with Gasteiger partial charge in [0.2, 0.25) is 0 Å². The number of guanidine groups is 2. The number of quaternary nitrogens is 4. The molecule has 0 fully saturated rings. The summed E-state index contributed by atoms with van der Waals surface area (Å²) in [5.74, 6) is 2.24. The molecule has 0 heterocycles. The molecule has 8 nitrogen and oxygen atoms in total. The Hall–Kier alpha value is -0.840. The van der Waals surface area contributed by atoms with Crippen molar-refractivity contribution in [3.8, 4) is 0 Å². The van der Waals surface area contributed by atoms with Crippen LogP contribution in [0.2, 0.25) is 0 Å². The highest BCUT2D eigenvalue weighted by molar-refractivity contribution is 5.70. The Morgan fingerprint density at radius 1 is 0.658 bits per heavy atom. The minimum atomic E-state index is 0. The molecule has 0 aliphatic rings. The van der Waals surface area contributed by atoms with Gasteiger partial charge in [-0.15, -0.1) is 0 Å². The van der Waals surface area contributed by atoms with Crippen LogP contribution in [0.25, 0.3) is 0 Å². The lowest BCUT2D eigenvalue weighted by atomic mass is 10.1. The molecule has 0 bridgehead atoms. The van der Waals surface area contributed by atoms with Gasteiger partial charge in [0, 0.05) is 26.2 Å². The third-order valence-corrected chi connectivity index (χ3v) is 5.96. The fourth-order valence-corrected chi connectivity index (χ4v) is 3.83. The summed E-state index contributed by atoms with van der Waals surface area (Å²) in [5, 5.41) is 4.60. The zero-order valence-electron chi connectivity index (χ0n) is 24.8. The molecular formula is C26H54Cl4N8. The van der Waals surface area contributed by atoms with Crippen LogP contribution < -0.4 is 70.1 Å². The molecule has 1 rings (SSSR count). The molecule has 0 saturated carbocycles. The van der Waals surface area contributed by atoms with Crippen molar-refractivity contribution in [1.82, 2.24) is 9.80 Å². The minimum Gasteiger partial charge on any atom is -1.00 e. The predicted molar refractivity (Wildman–Crippen MR) is 144 cm³/mol. The van der Waals surface area contributed by atoms with E-state index in [1.807, 2.05) is 0 Å². The highest BCUT2D eigenvalue weighted by Crippen LogP contribution is 2.08. The molecule has 0 amide bonds. The molecular weight excluding hydrogens is 566 g/mol. The van der Waals surface area contributed by atoms with Crippen molar-refractivity contribution in [2.24, 2.45) is 9.98 Å². The first-order valence-corrected chi connectivity index (χ1v) is 13.2. The van der Waals surface area contributed by atoms with Crippen LogP contribution in [-0.2, 0) is 13.1 Å². The van der Waals surface area contributed by atoms with Crippen LogP contribution in [0.1, 0.15) is 38.8 Å². The van der Waals surface area contributed by atoms with Gasteiger partial charge in [-0.2, -0.15) is 0 Å². The molecule has 1 aromatic carbocycles. The van der Waals surface area contributed by atoms with Crippen LogP contribution in [0, 0.1) is 0 Å². The number of likely N-dealkylation sites (N-methyl/N-ethyl adjacent to an activating group) is 2. The van der Waals surface area contributed by atoms with Gasteiger partial charge in [0.25, 0.3) is 11.9 Å². The third-order valence-electron chi connectivity index (χ3n) is 5.96. The largest absolute Gasteiger partial charge is 1.00 e. The van der Waals surface area contributed by atoms with E-state index in [1.165, 1.54) is 20.9 Å². The Labute approximate surface area is 257 Å². The normalized spacial score (nSPS) is 11.3. The number of hydrogen-bond acceptors (Lipinski definition) is 2. The second kappa shape index (κ2) is 26.4. The number of nitrogens with zero attached hydrogens (tertiary/aromatic N) is 4. The summed E-state index contributed by atoms with van der Waals surface area (Å²) in [7, 11) is 8.79. The third kappa shape index (κ3) is 18.4. The van der Waals surface area contributed by atoms with E-state index >= 15 is 0 Å². The molecule has 0 unspecified atom stereocenters. The van der Waals surface area contributed by atoms with Crippen molar-refractivity contribution in [1.29, 1.82) is 0 Å². The summed E-state index contributed by atoms with van der Waals surface area (Å²) in [4.78, 5) is 17.6. The number of nitrogens with one attached hydrogen (secondary N) is 2. The van der Waals surface area contributed by atoms with Gasteiger partial charge in [-0.1, -0.05) is 24.3 Å². The molecule has 0 radical (unpaired) electrons. The van der Waals surface area contributed by atoms with Gasteiger partial charge in [0.15, 0.2) is 0 Å². The van der Waals surface area contributed by atoms with Crippen LogP contribution in [0.5, 0.6) is 0 Å². The van der Waals surface area contributed by atoms with Gasteiger partial charge >= 0.3 is 0 Å². The van der Waals surface area contributed by atoms with Crippen molar-refractivity contribution in [3.05, 3.63) is 35.4 Å². The lowest BCUT2D eigenvalue weighted by Crippen LogP contribution is -3.10. The monoisotopic (exact) mass is 618 g/mol. The van der Waals surface area contributed by atoms with Gasteiger partial charge in [-0.3, -0.25) is 10.6 Å². The maximum absolute atomic E-state index is 5.01. The maximum Gasteiger partial charge on any atom is 0.297 e. The fraction of sp³-hybridized carbons (Fsp3) is 0.692. The van der Waals surface area contributed by atoms with Gasteiger partial charge < -0.3 is 69.2 Å². The second-order valence-electron chi connectivity index (χ2n) is 9.41. The van der Waals surface area contributed by atoms with Gasteiger partial charge in [-0.05, 0) is 38.8 Å². The maximum atomic E-state index is 5.01. The molecule has 6 N–H and O–H groups in total. The average Bonchev–Trinajstić information content (AvgIpc) is 2.81. The van der Waals surface area contributed by atoms with E-state index in [-0.39, 0.29) is 49.6 Å².